The van der Waals surface area contributed by atoms with Crippen molar-refractivity contribution in [1.29, 1.82) is 0 Å². The molecule has 35 nitrogen and oxygen atoms in total. The van der Waals surface area contributed by atoms with E-state index >= 15 is 0 Å². The third kappa shape index (κ3) is 58.5. The summed E-state index contributed by atoms with van der Waals surface area (Å²) in [6, 6.07) is 0.194. The SMILES string of the molecule is CCCCNC(=O)CCCCOC1OC(CO)C(O)C(O)C1C.CCCNC(=O)CCOCC(C)(COCCC(=O)NC)COCCC(=O)NCCC.CCNC(=O)CCCCOC1OC(CO)C(O)C(O)C1C.CCNC(=O)CCCCOC1OC(CO)C(O)C(O)C1C.[CH2-]CC[C@@H]1C[C@@H](O)CN1C(=O)CCCCCCCCCCC(=O)CC.[CH2-]O.[Y]. The van der Waals surface area contributed by atoms with E-state index in [0.717, 1.165) is 77.2 Å². The first-order chi connectivity index (χ1) is 58.5. The van der Waals surface area contributed by atoms with Crippen LogP contribution >= 0.6 is 0 Å². The van der Waals surface area contributed by atoms with Crippen molar-refractivity contribution in [2.75, 3.05) is 126 Å². The number of aliphatic hydroxyl groups is 11. The summed E-state index contributed by atoms with van der Waals surface area (Å²) in [5.74, 6) is -0.604. The zero-order valence-corrected chi connectivity index (χ0v) is 79.4. The fourth-order valence-corrected chi connectivity index (χ4v) is 13.1. The van der Waals surface area contributed by atoms with Gasteiger partial charge in [-0.15, -0.1) is 0 Å². The molecule has 4 heterocycles. The van der Waals surface area contributed by atoms with Crippen molar-refractivity contribution in [3.63, 3.8) is 0 Å². The van der Waals surface area contributed by atoms with Gasteiger partial charge >= 0.3 is 0 Å². The number of hydrogen-bond acceptors (Lipinski definition) is 28. The van der Waals surface area contributed by atoms with Gasteiger partial charge in [-0.3, -0.25) is 38.4 Å². The Balaban J connectivity index is -0.00000146. The van der Waals surface area contributed by atoms with Gasteiger partial charge in [-0.2, -0.15) is 6.42 Å². The Bertz CT molecular complexity index is 2550. The molecular formula is C87H167N7O28Y-2. The summed E-state index contributed by atoms with van der Waals surface area (Å²) in [4.78, 5) is 94.1. The van der Waals surface area contributed by atoms with E-state index in [9.17, 15) is 74.1 Å². The maximum atomic E-state index is 12.3. The first kappa shape index (κ1) is 123. The average molecular weight is 1850 g/mol. The first-order valence-corrected chi connectivity index (χ1v) is 45.1. The number of likely N-dealkylation sites (tertiary alicyclic amines) is 1. The fraction of sp³-hybridized carbons (Fsp3) is 0.885. The molecule has 17 atom stereocenters. The molecule has 0 bridgehead atoms. The van der Waals surface area contributed by atoms with Gasteiger partial charge in [0, 0.05) is 186 Å². The topological polar surface area (TPSA) is 518 Å². The molecule has 4 aliphatic rings. The van der Waals surface area contributed by atoms with E-state index in [1.54, 1.807) is 27.8 Å². The Labute approximate surface area is 760 Å². The Morgan fingerprint density at radius 1 is 0.423 bits per heavy atom. The van der Waals surface area contributed by atoms with Crippen LogP contribution in [0, 0.1) is 37.2 Å². The maximum Gasteiger partial charge on any atom is 0.222 e. The van der Waals surface area contributed by atoms with Crippen molar-refractivity contribution in [3.05, 3.63) is 14.0 Å². The molecule has 1 radical (unpaired) electrons. The predicted octanol–water partition coefficient (Wildman–Crippen LogP) is 4.54. The predicted molar refractivity (Wildman–Crippen MR) is 460 cm³/mol. The standard InChI is InChI=1S/C21H41N3O6.C21H38NO3.C16H31NO6.2C14H27NO6.CH3O.Y/c1-5-10-23-19(26)8-13-29-16-21(3,15-28-12-7-18(25)22-4)17-30-14-9-20(27)24-11-6-2;1-3-13-18-16-20(24)17-22(18)21(25)15-12-10-8-6-5-7-9-11-14-19(23)4-2;1-3-4-8-17-13(19)7-5-6-9-22-16-11(2)14(20)15(21)12(10-18)23-16;2*1-3-15-11(17)6-4-5-7-20-14-9(2)12(18)13(19)10(8-16)21-14;1-2;/h5-17H2,1-4H3,(H,22,25)(H,23,26)(H,24,27);18,20,24H,1,3-17H2,2H3;11-12,14-16,18,20-21H,3-10H2,1-2H3,(H,17,19);2*9-10,12-14,16,18-19H,3-8H2,1-2H3,(H,15,17);2H,1H2;/q;-1;;;;-1;/t;18-,20-;;;;;/m.1...../s1. The van der Waals surface area contributed by atoms with E-state index in [-0.39, 0.29) is 130 Å². The van der Waals surface area contributed by atoms with Gasteiger partial charge in [0.05, 0.1) is 83.9 Å². The molecule has 4 saturated heterocycles. The average Bonchev–Trinajstić information content (AvgIpc) is 1.60. The molecule has 0 spiro atoms. The van der Waals surface area contributed by atoms with Crippen molar-refractivity contribution >= 4 is 47.1 Å². The van der Waals surface area contributed by atoms with Gasteiger partial charge in [0.1, 0.15) is 42.4 Å². The summed E-state index contributed by atoms with van der Waals surface area (Å²) in [7, 11) is 3.83. The second kappa shape index (κ2) is 79.2. The van der Waals surface area contributed by atoms with Crippen LogP contribution in [0.25, 0.3) is 0 Å². The summed E-state index contributed by atoms with van der Waals surface area (Å²) in [6.45, 7) is 28.6. The van der Waals surface area contributed by atoms with Gasteiger partial charge in [0.2, 0.25) is 41.4 Å². The Morgan fingerprint density at radius 2 is 0.756 bits per heavy atom. The van der Waals surface area contributed by atoms with Crippen LogP contribution in [-0.2, 0) is 114 Å². The second-order valence-electron chi connectivity index (χ2n) is 31.8. The Kier molecular flexibility index (Phi) is 79.5. The Morgan fingerprint density at radius 3 is 1.09 bits per heavy atom. The third-order valence-corrected chi connectivity index (χ3v) is 20.8. The Hall–Kier alpha value is -3.74. The summed E-state index contributed by atoms with van der Waals surface area (Å²) in [5.41, 5.74) is -0.456. The zero-order valence-electron chi connectivity index (χ0n) is 76.6. The minimum atomic E-state index is -1.11. The van der Waals surface area contributed by atoms with Gasteiger partial charge in [0.25, 0.3) is 0 Å². The number of ketones is 1. The molecule has 17 N–H and O–H groups in total. The largest absolute Gasteiger partial charge is 0.569 e. The number of ether oxygens (including phenoxy) is 9. The number of Topliss-reactive ketones (excluding diaryl/α,β-unsaturated/α-hetero) is 1. The minimum Gasteiger partial charge on any atom is -0.569 e. The van der Waals surface area contributed by atoms with Crippen LogP contribution in [-0.4, -0.2) is 320 Å². The summed E-state index contributed by atoms with van der Waals surface area (Å²) >= 11 is 0. The number of unbranched alkanes of at least 4 members (excludes halogenated alkanes) is 11. The fourth-order valence-electron chi connectivity index (χ4n) is 13.1. The van der Waals surface area contributed by atoms with Crippen molar-refractivity contribution in [3.8, 4) is 0 Å². The third-order valence-electron chi connectivity index (χ3n) is 20.8. The molecular weight excluding hydrogens is 1680 g/mol. The molecule has 0 aromatic rings. The minimum absolute atomic E-state index is 0. The molecule has 0 aliphatic carbocycles. The van der Waals surface area contributed by atoms with E-state index < -0.39 is 79.2 Å². The molecule has 0 saturated carbocycles. The van der Waals surface area contributed by atoms with Crippen LogP contribution in [0.1, 0.15) is 262 Å². The van der Waals surface area contributed by atoms with Crippen LogP contribution < -0.4 is 31.9 Å². The van der Waals surface area contributed by atoms with Gasteiger partial charge in [0.15, 0.2) is 18.9 Å². The van der Waals surface area contributed by atoms with Crippen molar-refractivity contribution in [2.24, 2.45) is 23.2 Å². The number of amides is 7. The first-order valence-electron chi connectivity index (χ1n) is 45.1. The summed E-state index contributed by atoms with van der Waals surface area (Å²) < 4.78 is 50.1. The number of nitrogens with zero attached hydrogens (tertiary/aromatic N) is 1. The summed E-state index contributed by atoms with van der Waals surface area (Å²) in [6.07, 6.45) is 12.8. The van der Waals surface area contributed by atoms with Crippen LogP contribution in [0.3, 0.4) is 0 Å². The van der Waals surface area contributed by atoms with Crippen LogP contribution in [0.2, 0.25) is 0 Å². The molecule has 4 aliphatic heterocycles. The molecule has 0 aromatic carbocycles. The molecule has 36 heteroatoms. The second-order valence-corrected chi connectivity index (χ2v) is 31.8. The van der Waals surface area contributed by atoms with Crippen molar-refractivity contribution in [2.45, 2.75) is 348 Å². The quantitative estimate of drug-likeness (QED) is 0.0294. The van der Waals surface area contributed by atoms with Gasteiger partial charge in [-0.05, 0) is 90.9 Å². The van der Waals surface area contributed by atoms with E-state index in [1.807, 2.05) is 46.4 Å². The van der Waals surface area contributed by atoms with Gasteiger partial charge < -0.3 is 143 Å². The van der Waals surface area contributed by atoms with E-state index in [0.29, 0.717) is 188 Å². The number of carbonyl (C=O) groups is 8. The normalized spacial score (nSPS) is 23.9. The number of nitrogens with one attached hydrogen (secondary N) is 6. The molecule has 15 unspecified atom stereocenters. The monoisotopic (exact) mass is 1850 g/mol. The van der Waals surface area contributed by atoms with Crippen LogP contribution in [0.4, 0.5) is 0 Å². The summed E-state index contributed by atoms with van der Waals surface area (Å²) in [5, 5.41) is 119. The molecule has 4 fully saturated rings. The number of hydrogen-bond donors (Lipinski definition) is 17. The zero-order chi connectivity index (χ0) is 92.1. The van der Waals surface area contributed by atoms with Gasteiger partial charge in [-0.1, -0.05) is 107 Å². The number of carbonyl (C=O) groups excluding carboxylic acids is 8. The molecule has 123 heavy (non-hydrogen) atoms. The number of β-amino-alcohol motifs (C(OH)–C–C–N with tert-alkyl or cyclic N) is 1. The van der Waals surface area contributed by atoms with Gasteiger partial charge in [-0.25, -0.2) is 7.11 Å². The van der Waals surface area contributed by atoms with E-state index in [2.05, 4.69) is 52.9 Å². The van der Waals surface area contributed by atoms with E-state index in [1.165, 1.54) is 25.7 Å². The molecule has 4 rings (SSSR count). The molecule has 723 valence electrons. The smallest absolute Gasteiger partial charge is 0.222 e. The van der Waals surface area contributed by atoms with Crippen LogP contribution in [0.15, 0.2) is 0 Å². The molecule has 7 amide bonds. The van der Waals surface area contributed by atoms with E-state index in [4.69, 9.17) is 63.1 Å². The van der Waals surface area contributed by atoms with Crippen molar-refractivity contribution < 1.29 is 170 Å². The molecule has 0 aromatic heterocycles. The maximum absolute atomic E-state index is 12.3. The van der Waals surface area contributed by atoms with Crippen molar-refractivity contribution in [1.82, 2.24) is 36.8 Å². The van der Waals surface area contributed by atoms with Crippen LogP contribution in [0.5, 0.6) is 0 Å². The number of rotatable bonds is 59. The number of aliphatic hydroxyl groups excluding tert-OH is 11.